The van der Waals surface area contributed by atoms with E-state index in [1.165, 1.54) is 0 Å². The van der Waals surface area contributed by atoms with Gasteiger partial charge in [0.1, 0.15) is 11.6 Å². The molecule has 2 aliphatic rings. The van der Waals surface area contributed by atoms with Crippen molar-refractivity contribution in [1.82, 2.24) is 9.62 Å². The molecule has 192 valence electrons. The second-order valence-corrected chi connectivity index (χ2v) is 11.7. The molecule has 11 heteroatoms. The average molecular weight is 558 g/mol. The molecule has 0 saturated heterocycles. The van der Waals surface area contributed by atoms with Crippen molar-refractivity contribution in [2.75, 3.05) is 26.5 Å². The van der Waals surface area contributed by atoms with Crippen molar-refractivity contribution in [1.29, 1.82) is 0 Å². The van der Waals surface area contributed by atoms with Gasteiger partial charge >= 0.3 is 0 Å². The van der Waals surface area contributed by atoms with Crippen LogP contribution in [0.15, 0.2) is 76.7 Å². The van der Waals surface area contributed by atoms with Crippen LogP contribution in [0.5, 0.6) is 5.75 Å². The number of hydrogen-bond donors (Lipinski definition) is 2. The van der Waals surface area contributed by atoms with Crippen LogP contribution in [-0.4, -0.2) is 57.6 Å². The third-order valence-electron chi connectivity index (χ3n) is 6.37. The summed E-state index contributed by atoms with van der Waals surface area (Å²) >= 11 is 12.6. The van der Waals surface area contributed by atoms with E-state index in [0.717, 1.165) is 28.5 Å². The molecule has 2 atom stereocenters. The number of fused-ring (bicyclic) bond motifs is 1. The number of guanidine groups is 1. The van der Waals surface area contributed by atoms with E-state index < -0.39 is 21.6 Å². The van der Waals surface area contributed by atoms with Gasteiger partial charge in [-0.05, 0) is 58.7 Å². The van der Waals surface area contributed by atoms with Crippen LogP contribution in [0.1, 0.15) is 11.1 Å². The smallest absolute Gasteiger partial charge is 0.209 e. The topological polar surface area (TPSA) is 109 Å². The maximum atomic E-state index is 11.9. The molecule has 2 unspecified atom stereocenters. The molecule has 0 fully saturated rings. The van der Waals surface area contributed by atoms with Crippen LogP contribution >= 0.6 is 23.2 Å². The summed E-state index contributed by atoms with van der Waals surface area (Å²) in [5.74, 6) is 1.59. The Kier molecular flexibility index (Phi) is 6.66. The summed E-state index contributed by atoms with van der Waals surface area (Å²) in [6.07, 6.45) is 1.13. The quantitative estimate of drug-likeness (QED) is 0.478. The van der Waals surface area contributed by atoms with E-state index in [1.807, 2.05) is 60.7 Å². The van der Waals surface area contributed by atoms with Gasteiger partial charge in [-0.2, -0.15) is 0 Å². The third kappa shape index (κ3) is 4.92. The van der Waals surface area contributed by atoms with Crippen LogP contribution in [0.4, 0.5) is 0 Å². The molecule has 2 heterocycles. The lowest BCUT2D eigenvalue weighted by Crippen LogP contribution is -2.55. The summed E-state index contributed by atoms with van der Waals surface area (Å²) in [5.41, 5.74) is 8.86. The number of nitrogens with two attached hydrogens (primary N) is 1. The first-order chi connectivity index (χ1) is 17.6. The van der Waals surface area contributed by atoms with Gasteiger partial charge in [-0.15, -0.1) is 0 Å². The molecule has 3 aromatic carbocycles. The van der Waals surface area contributed by atoms with Crippen molar-refractivity contribution < 1.29 is 13.2 Å². The Morgan fingerprint density at radius 3 is 2.38 bits per heavy atom. The molecule has 0 aromatic heterocycles. The maximum Gasteiger partial charge on any atom is 0.209 e. The highest BCUT2D eigenvalue weighted by molar-refractivity contribution is 7.88. The highest BCUT2D eigenvalue weighted by atomic mass is 35.5. The number of ether oxygens (including phenoxy) is 1. The van der Waals surface area contributed by atoms with Gasteiger partial charge in [-0.3, -0.25) is 9.89 Å². The van der Waals surface area contributed by atoms with Crippen LogP contribution in [0.25, 0.3) is 11.1 Å². The first kappa shape index (κ1) is 25.5. The van der Waals surface area contributed by atoms with E-state index in [0.29, 0.717) is 28.2 Å². The van der Waals surface area contributed by atoms with E-state index in [4.69, 9.17) is 43.7 Å². The van der Waals surface area contributed by atoms with Crippen molar-refractivity contribution >= 4 is 45.0 Å². The molecule has 0 radical (unpaired) electrons. The zero-order valence-electron chi connectivity index (χ0n) is 20.2. The zero-order chi connectivity index (χ0) is 26.4. The standard InChI is InChI=1S/C26H25Cl2N5O3S/c1-36-23-8-6-18(7-9-23)26(19-5-3-4-16(10-19)17-11-20(27)13-21(28)12-17)24-30-14-22(32-37(2,34)35)15-33(24)25(29)31-26/h3-13,22,32H,14-15H2,1-2H3,(H2,29,31). The fourth-order valence-electron chi connectivity index (χ4n) is 4.85. The molecule has 2 aliphatic heterocycles. The number of rotatable bonds is 6. The first-order valence-electron chi connectivity index (χ1n) is 11.5. The molecule has 0 saturated carbocycles. The minimum Gasteiger partial charge on any atom is -0.497 e. The Hall–Kier alpha value is -3.11. The molecule has 0 amide bonds. The predicted molar refractivity (Wildman–Crippen MR) is 148 cm³/mol. The summed E-state index contributed by atoms with van der Waals surface area (Å²) < 4.78 is 31.7. The summed E-state index contributed by atoms with van der Waals surface area (Å²) in [6.45, 7) is 0.561. The van der Waals surface area contributed by atoms with Gasteiger partial charge in [0.25, 0.3) is 0 Å². The van der Waals surface area contributed by atoms with Gasteiger partial charge in [0.05, 0.1) is 26.0 Å². The summed E-state index contributed by atoms with van der Waals surface area (Å²) in [5, 5.41) is 1.07. The Morgan fingerprint density at radius 1 is 1.03 bits per heavy atom. The lowest BCUT2D eigenvalue weighted by atomic mass is 9.81. The van der Waals surface area contributed by atoms with E-state index in [1.54, 1.807) is 18.1 Å². The molecule has 0 bridgehead atoms. The van der Waals surface area contributed by atoms with Gasteiger partial charge in [0.2, 0.25) is 10.0 Å². The summed E-state index contributed by atoms with van der Waals surface area (Å²) in [6, 6.07) is 20.5. The summed E-state index contributed by atoms with van der Waals surface area (Å²) in [7, 11) is -1.81. The monoisotopic (exact) mass is 557 g/mol. The first-order valence-corrected chi connectivity index (χ1v) is 14.1. The number of halogens is 2. The van der Waals surface area contributed by atoms with E-state index in [9.17, 15) is 8.42 Å². The number of hydrogen-bond acceptors (Lipinski definition) is 7. The number of amidine groups is 1. The SMILES string of the molecule is COc1ccc(C2(c3cccc(-c4cc(Cl)cc(Cl)c4)c3)N=C(N)N3CC(NS(C)(=O)=O)CN=C32)cc1. The van der Waals surface area contributed by atoms with E-state index >= 15 is 0 Å². The highest BCUT2D eigenvalue weighted by Crippen LogP contribution is 2.43. The third-order valence-corrected chi connectivity index (χ3v) is 7.57. The highest BCUT2D eigenvalue weighted by Gasteiger charge is 2.50. The molecule has 3 N–H and O–H groups in total. The van der Waals surface area contributed by atoms with Crippen LogP contribution < -0.4 is 15.2 Å². The van der Waals surface area contributed by atoms with Crippen molar-refractivity contribution in [2.45, 2.75) is 11.6 Å². The van der Waals surface area contributed by atoms with Crippen molar-refractivity contribution in [3.63, 3.8) is 0 Å². The van der Waals surface area contributed by atoms with Gasteiger partial charge in [0, 0.05) is 16.6 Å². The normalized spacial score (nSPS) is 21.3. The minimum absolute atomic E-state index is 0.253. The second-order valence-electron chi connectivity index (χ2n) is 9.01. The molecule has 37 heavy (non-hydrogen) atoms. The number of benzene rings is 3. The van der Waals surface area contributed by atoms with Gasteiger partial charge in [0.15, 0.2) is 11.5 Å². The minimum atomic E-state index is -3.42. The number of sulfonamides is 1. The zero-order valence-corrected chi connectivity index (χ0v) is 22.5. The predicted octanol–water partition coefficient (Wildman–Crippen LogP) is 3.87. The second kappa shape index (κ2) is 9.64. The number of methoxy groups -OCH3 is 1. The van der Waals surface area contributed by atoms with Crippen LogP contribution in [0, 0.1) is 0 Å². The molecular weight excluding hydrogens is 533 g/mol. The Morgan fingerprint density at radius 2 is 1.73 bits per heavy atom. The molecule has 0 aliphatic carbocycles. The van der Waals surface area contributed by atoms with E-state index in [-0.39, 0.29) is 12.5 Å². The fourth-order valence-corrected chi connectivity index (χ4v) is 6.13. The lowest BCUT2D eigenvalue weighted by Gasteiger charge is -2.35. The maximum absolute atomic E-state index is 11.9. The Bertz CT molecular complexity index is 1510. The Labute approximate surface area is 225 Å². The van der Waals surface area contributed by atoms with Gasteiger partial charge in [-0.25, -0.2) is 18.1 Å². The van der Waals surface area contributed by atoms with Crippen LogP contribution in [0.3, 0.4) is 0 Å². The lowest BCUT2D eigenvalue weighted by molar-refractivity contribution is 0.414. The van der Waals surface area contributed by atoms with Crippen molar-refractivity contribution in [3.05, 3.63) is 87.9 Å². The number of aliphatic imine (C=N–C) groups is 2. The molecule has 5 rings (SSSR count). The van der Waals surface area contributed by atoms with Crippen LogP contribution in [-0.2, 0) is 15.6 Å². The number of nitrogens with zero attached hydrogens (tertiary/aromatic N) is 3. The average Bonchev–Trinajstić information content (AvgIpc) is 3.15. The molecule has 8 nitrogen and oxygen atoms in total. The van der Waals surface area contributed by atoms with E-state index in [2.05, 4.69) is 4.72 Å². The molecule has 0 spiro atoms. The van der Waals surface area contributed by atoms with Crippen molar-refractivity contribution in [3.8, 4) is 16.9 Å². The van der Waals surface area contributed by atoms with Gasteiger partial charge in [-0.1, -0.05) is 53.5 Å². The molecule has 3 aromatic rings. The fraction of sp³-hybridized carbons (Fsp3) is 0.231. The molecular formula is C26H25Cl2N5O3S. The largest absolute Gasteiger partial charge is 0.497 e. The number of nitrogens with one attached hydrogen (secondary N) is 1. The van der Waals surface area contributed by atoms with Gasteiger partial charge < -0.3 is 10.5 Å². The summed E-state index contributed by atoms with van der Waals surface area (Å²) in [4.78, 5) is 11.6. The van der Waals surface area contributed by atoms with Crippen LogP contribution in [0.2, 0.25) is 10.0 Å². The van der Waals surface area contributed by atoms with Crippen molar-refractivity contribution in [2.24, 2.45) is 15.7 Å². The Balaban J connectivity index is 1.68.